The highest BCUT2D eigenvalue weighted by molar-refractivity contribution is 7.92. The number of anilines is 1. The van der Waals surface area contributed by atoms with E-state index in [9.17, 15) is 23.0 Å². The fourth-order valence-electron chi connectivity index (χ4n) is 4.20. The van der Waals surface area contributed by atoms with Crippen LogP contribution in [0.2, 0.25) is 0 Å². The zero-order valence-corrected chi connectivity index (χ0v) is 19.4. The fourth-order valence-corrected chi connectivity index (χ4v) is 5.33. The van der Waals surface area contributed by atoms with Crippen molar-refractivity contribution in [1.82, 2.24) is 0 Å². The summed E-state index contributed by atoms with van der Waals surface area (Å²) in [6.45, 7) is 0. The second-order valence-corrected chi connectivity index (χ2v) is 9.85. The van der Waals surface area contributed by atoms with Crippen LogP contribution < -0.4 is 9.46 Å². The van der Waals surface area contributed by atoms with Crippen molar-refractivity contribution in [3.05, 3.63) is 95.3 Å². The summed E-state index contributed by atoms with van der Waals surface area (Å²) in [5, 5.41) is 18.6. The highest BCUT2D eigenvalue weighted by Gasteiger charge is 2.23. The largest absolute Gasteiger partial charge is 0.495 e. The van der Waals surface area contributed by atoms with Gasteiger partial charge < -0.3 is 14.9 Å². The number of allylic oxidation sites excluding steroid dienone is 2. The third-order valence-electron chi connectivity index (χ3n) is 6.04. The molecule has 34 heavy (non-hydrogen) atoms. The number of sulfonamides is 1. The molecule has 0 fully saturated rings. The van der Waals surface area contributed by atoms with Gasteiger partial charge in [-0.1, -0.05) is 48.5 Å². The average Bonchev–Trinajstić information content (AvgIpc) is 2.84. The van der Waals surface area contributed by atoms with E-state index in [0.29, 0.717) is 11.5 Å². The van der Waals surface area contributed by atoms with Gasteiger partial charge in [-0.05, 0) is 66.1 Å². The highest BCUT2D eigenvalue weighted by atomic mass is 32.2. The Hall–Kier alpha value is -3.20. The summed E-state index contributed by atoms with van der Waals surface area (Å²) in [6.07, 6.45) is 2.94. The highest BCUT2D eigenvalue weighted by Crippen LogP contribution is 2.37. The van der Waals surface area contributed by atoms with E-state index in [1.807, 2.05) is 18.2 Å². The molecule has 0 radical (unpaired) electrons. The average molecular weight is 484 g/mol. The number of hydrogen-bond donors (Lipinski definition) is 3. The van der Waals surface area contributed by atoms with Crippen LogP contribution in [0.3, 0.4) is 0 Å². The number of aliphatic hydroxyl groups excluding tert-OH is 1. The van der Waals surface area contributed by atoms with Gasteiger partial charge in [0, 0.05) is 5.56 Å². The molecule has 178 valence electrons. The molecule has 4 rings (SSSR count). The Morgan fingerprint density at radius 2 is 1.82 bits per heavy atom. The van der Waals surface area contributed by atoms with E-state index in [4.69, 9.17) is 4.74 Å². The molecule has 6 nitrogen and oxygen atoms in total. The molecule has 0 bridgehead atoms. The molecule has 1 aliphatic rings. The number of aliphatic hydroxyl groups is 2. The SMILES string of the molecule is COc1cc(C(O)O)ccc1NS(=O)(=O)c1ccc(C2=CCC(c3ccccc3)CC2)cc1F. The Morgan fingerprint density at radius 1 is 1.06 bits per heavy atom. The molecule has 1 atom stereocenters. The van der Waals surface area contributed by atoms with Gasteiger partial charge in [-0.3, -0.25) is 4.72 Å². The number of hydrogen-bond acceptors (Lipinski definition) is 5. The number of ether oxygens (including phenoxy) is 1. The van der Waals surface area contributed by atoms with Crippen LogP contribution in [0.4, 0.5) is 10.1 Å². The maximum absolute atomic E-state index is 15.0. The first kappa shape index (κ1) is 23.9. The number of benzene rings is 3. The van der Waals surface area contributed by atoms with Crippen LogP contribution in [0, 0.1) is 5.82 Å². The lowest BCUT2D eigenvalue weighted by Crippen LogP contribution is -2.15. The quantitative estimate of drug-likeness (QED) is 0.413. The van der Waals surface area contributed by atoms with Crippen molar-refractivity contribution in [2.24, 2.45) is 0 Å². The first-order valence-electron chi connectivity index (χ1n) is 10.9. The van der Waals surface area contributed by atoms with E-state index in [2.05, 4.69) is 22.9 Å². The normalized spacial score (nSPS) is 16.3. The third-order valence-corrected chi connectivity index (χ3v) is 7.44. The smallest absolute Gasteiger partial charge is 0.264 e. The number of halogens is 1. The van der Waals surface area contributed by atoms with Gasteiger partial charge in [-0.2, -0.15) is 0 Å². The Morgan fingerprint density at radius 3 is 2.44 bits per heavy atom. The molecule has 0 heterocycles. The number of nitrogens with one attached hydrogen (secondary N) is 1. The molecule has 3 N–H and O–H groups in total. The fraction of sp³-hybridized carbons (Fsp3) is 0.231. The van der Waals surface area contributed by atoms with Crippen LogP contribution in [-0.2, 0) is 10.0 Å². The maximum atomic E-state index is 15.0. The lowest BCUT2D eigenvalue weighted by atomic mass is 9.83. The van der Waals surface area contributed by atoms with Crippen molar-refractivity contribution in [2.75, 3.05) is 11.8 Å². The van der Waals surface area contributed by atoms with E-state index in [1.165, 1.54) is 43.0 Å². The molecule has 3 aromatic rings. The van der Waals surface area contributed by atoms with Gasteiger partial charge >= 0.3 is 0 Å². The van der Waals surface area contributed by atoms with Crippen LogP contribution >= 0.6 is 0 Å². The third kappa shape index (κ3) is 5.14. The predicted molar refractivity (Wildman–Crippen MR) is 128 cm³/mol. The monoisotopic (exact) mass is 483 g/mol. The number of rotatable bonds is 7. The molecule has 8 heteroatoms. The van der Waals surface area contributed by atoms with E-state index in [-0.39, 0.29) is 17.0 Å². The Bertz CT molecular complexity index is 1310. The van der Waals surface area contributed by atoms with Crippen LogP contribution in [0.1, 0.15) is 48.2 Å². The van der Waals surface area contributed by atoms with Crippen molar-refractivity contribution in [2.45, 2.75) is 36.4 Å². The summed E-state index contributed by atoms with van der Waals surface area (Å²) < 4.78 is 48.2. The minimum Gasteiger partial charge on any atom is -0.495 e. The van der Waals surface area contributed by atoms with Gasteiger partial charge in [0.2, 0.25) is 0 Å². The molecule has 0 amide bonds. The molecule has 0 spiro atoms. The first-order chi connectivity index (χ1) is 16.3. The lowest BCUT2D eigenvalue weighted by Gasteiger charge is -2.23. The van der Waals surface area contributed by atoms with E-state index >= 15 is 0 Å². The van der Waals surface area contributed by atoms with Crippen molar-refractivity contribution in [1.29, 1.82) is 0 Å². The summed E-state index contributed by atoms with van der Waals surface area (Å²) in [7, 11) is -2.94. The van der Waals surface area contributed by atoms with Gasteiger partial charge in [-0.15, -0.1) is 0 Å². The van der Waals surface area contributed by atoms with E-state index in [0.717, 1.165) is 24.8 Å². The summed E-state index contributed by atoms with van der Waals surface area (Å²) >= 11 is 0. The molecule has 1 unspecified atom stereocenters. The summed E-state index contributed by atoms with van der Waals surface area (Å²) in [4.78, 5) is -0.483. The van der Waals surface area contributed by atoms with Crippen LogP contribution in [0.25, 0.3) is 5.57 Å². The van der Waals surface area contributed by atoms with Crippen molar-refractivity contribution >= 4 is 21.3 Å². The van der Waals surface area contributed by atoms with Gasteiger partial charge in [0.1, 0.15) is 16.5 Å². The summed E-state index contributed by atoms with van der Waals surface area (Å²) in [6, 6.07) is 18.4. The van der Waals surface area contributed by atoms with Crippen molar-refractivity contribution in [3.63, 3.8) is 0 Å². The maximum Gasteiger partial charge on any atom is 0.264 e. The second kappa shape index (κ2) is 9.97. The second-order valence-electron chi connectivity index (χ2n) is 8.20. The zero-order chi connectivity index (χ0) is 24.3. The predicted octanol–water partition coefficient (Wildman–Crippen LogP) is 4.97. The van der Waals surface area contributed by atoms with Crippen LogP contribution in [0.5, 0.6) is 5.75 Å². The van der Waals surface area contributed by atoms with Crippen molar-refractivity contribution in [3.8, 4) is 5.75 Å². The Labute approximate surface area is 198 Å². The molecule has 0 saturated carbocycles. The summed E-state index contributed by atoms with van der Waals surface area (Å²) in [5.41, 5.74) is 3.14. The molecule has 0 saturated heterocycles. The molecule has 3 aromatic carbocycles. The van der Waals surface area contributed by atoms with Crippen LogP contribution in [0.15, 0.2) is 77.7 Å². The Balaban J connectivity index is 1.53. The van der Waals surface area contributed by atoms with Gasteiger partial charge in [0.25, 0.3) is 10.0 Å². The topological polar surface area (TPSA) is 95.9 Å². The zero-order valence-electron chi connectivity index (χ0n) is 18.6. The van der Waals surface area contributed by atoms with Gasteiger partial charge in [-0.25, -0.2) is 12.8 Å². The molecular formula is C26H26FNO5S. The van der Waals surface area contributed by atoms with E-state index in [1.54, 1.807) is 6.07 Å². The van der Waals surface area contributed by atoms with Crippen LogP contribution in [-0.4, -0.2) is 25.7 Å². The van der Waals surface area contributed by atoms with Gasteiger partial charge in [0.05, 0.1) is 12.8 Å². The molecule has 1 aliphatic carbocycles. The summed E-state index contributed by atoms with van der Waals surface area (Å²) in [5.74, 6) is -0.351. The van der Waals surface area contributed by atoms with E-state index < -0.39 is 27.0 Å². The van der Waals surface area contributed by atoms with Gasteiger partial charge in [0.15, 0.2) is 6.29 Å². The molecule has 0 aliphatic heterocycles. The minimum absolute atomic E-state index is 0.0531. The molecular weight excluding hydrogens is 457 g/mol. The first-order valence-corrected chi connectivity index (χ1v) is 12.4. The van der Waals surface area contributed by atoms with Crippen molar-refractivity contribution < 1.29 is 27.8 Å². The standard InChI is InChI=1S/C26H26FNO5S/c1-33-24-16-21(26(29)30)11-13-23(24)28-34(31,32)25-14-12-20(15-22(25)27)19-9-7-18(8-10-19)17-5-3-2-4-6-17/h2-6,9,11-16,18,26,28-30H,7-8,10H2,1H3. The Kier molecular flexibility index (Phi) is 7.02. The number of methoxy groups -OCH3 is 1. The lowest BCUT2D eigenvalue weighted by molar-refractivity contribution is -0.0425. The molecule has 0 aromatic heterocycles. The minimum atomic E-state index is -4.25.